The molecule has 1 N–H and O–H groups in total. The van der Waals surface area contributed by atoms with Crippen molar-refractivity contribution >= 4 is 13.3 Å². The van der Waals surface area contributed by atoms with Gasteiger partial charge in [0.15, 0.2) is 0 Å². The minimum atomic E-state index is -4.31. The zero-order valence-corrected chi connectivity index (χ0v) is 21.2. The van der Waals surface area contributed by atoms with Gasteiger partial charge in [0.2, 0.25) is 0 Å². The van der Waals surface area contributed by atoms with E-state index in [2.05, 4.69) is 11.7 Å². The maximum atomic E-state index is 11.5. The topological polar surface area (TPSA) is 82.1 Å². The molecule has 0 aliphatic rings. The van der Waals surface area contributed by atoms with Gasteiger partial charge in [0.1, 0.15) is 0 Å². The Hall–Kier alpha value is -0.420. The maximum absolute atomic E-state index is 11.5. The van der Waals surface area contributed by atoms with E-state index in [1.165, 1.54) is 96.3 Å². The molecule has 31 heavy (non-hydrogen) atoms. The molecule has 186 valence electrons. The Kier molecular flexibility index (Phi) is 22.5. The van der Waals surface area contributed by atoms with Crippen molar-refractivity contribution in [2.45, 2.75) is 123 Å². The molecule has 1 unspecified atom stereocenters. The zero-order valence-electron chi connectivity index (χ0n) is 20.3. The summed E-state index contributed by atoms with van der Waals surface area (Å²) in [6.45, 7) is 5.06. The van der Waals surface area contributed by atoms with E-state index in [1.54, 1.807) is 6.92 Å². The van der Waals surface area contributed by atoms with Crippen molar-refractivity contribution < 1.29 is 28.3 Å². The highest BCUT2D eigenvalue weighted by Crippen LogP contribution is 2.43. The average Bonchev–Trinajstić information content (AvgIpc) is 2.75. The molecule has 0 amide bonds. The third kappa shape index (κ3) is 21.2. The van der Waals surface area contributed by atoms with Crippen LogP contribution in [0.25, 0.3) is 0 Å². The van der Waals surface area contributed by atoms with Gasteiger partial charge >= 0.3 is 13.3 Å². The fraction of sp³-hybridized carbons (Fsp3) is 0.958. The Morgan fingerprint density at radius 1 is 0.645 bits per heavy atom. The highest BCUT2D eigenvalue weighted by molar-refractivity contribution is 7.70. The molecule has 0 fully saturated rings. The number of ether oxygens (including phenoxy) is 2. The molecule has 0 saturated carbocycles. The molecular weight excluding hydrogens is 415 g/mol. The minimum Gasteiger partial charge on any atom is -0.457 e. The second kappa shape index (κ2) is 22.8. The number of hydrogen-bond donors (Lipinski definition) is 1. The summed E-state index contributed by atoms with van der Waals surface area (Å²) in [5.74, 6) is 0. The predicted octanol–water partition coefficient (Wildman–Crippen LogP) is 8.01. The molecule has 0 heterocycles. The van der Waals surface area contributed by atoms with Gasteiger partial charge in [-0.2, -0.15) is 0 Å². The molecule has 1 atom stereocenters. The first-order chi connectivity index (χ1) is 15.0. The van der Waals surface area contributed by atoms with Crippen LogP contribution in [0, 0.1) is 0 Å². The van der Waals surface area contributed by atoms with Gasteiger partial charge in [-0.1, -0.05) is 103 Å². The first-order valence-electron chi connectivity index (χ1n) is 12.8. The second-order valence-electron chi connectivity index (χ2n) is 8.32. The van der Waals surface area contributed by atoms with Gasteiger partial charge in [0.05, 0.1) is 13.2 Å². The van der Waals surface area contributed by atoms with Crippen LogP contribution in [0.1, 0.15) is 123 Å². The van der Waals surface area contributed by atoms with Crippen molar-refractivity contribution in [2.24, 2.45) is 0 Å². The van der Waals surface area contributed by atoms with Gasteiger partial charge in [-0.3, -0.25) is 0 Å². The lowest BCUT2D eigenvalue weighted by atomic mass is 10.0. The lowest BCUT2D eigenvalue weighted by Gasteiger charge is -2.10. The monoisotopic (exact) mass is 464 g/mol. The summed E-state index contributed by atoms with van der Waals surface area (Å²) in [6, 6.07) is 0. The molecular formula is C24H49O6P. The zero-order chi connectivity index (χ0) is 23.0. The van der Waals surface area contributed by atoms with Crippen molar-refractivity contribution in [3.63, 3.8) is 0 Å². The lowest BCUT2D eigenvalue weighted by molar-refractivity contribution is 0.112. The summed E-state index contributed by atoms with van der Waals surface area (Å²) in [6.07, 6.45) is 22.0. The Labute approximate surface area is 191 Å². The molecule has 0 bridgehead atoms. The van der Waals surface area contributed by atoms with E-state index < -0.39 is 13.3 Å². The molecule has 0 aromatic carbocycles. The Morgan fingerprint density at radius 2 is 1.06 bits per heavy atom. The van der Waals surface area contributed by atoms with E-state index in [4.69, 9.17) is 9.26 Å². The molecule has 0 aromatic rings. The predicted molar refractivity (Wildman–Crippen MR) is 128 cm³/mol. The second-order valence-corrected chi connectivity index (χ2v) is 9.99. The van der Waals surface area contributed by atoms with Gasteiger partial charge < -0.3 is 18.9 Å². The van der Waals surface area contributed by atoms with Crippen LogP contribution in [0.2, 0.25) is 0 Å². The van der Waals surface area contributed by atoms with E-state index in [0.29, 0.717) is 19.6 Å². The molecule has 0 aliphatic carbocycles. The molecule has 0 aromatic heterocycles. The SMILES string of the molecule is CCCCCCCCCCCCCCCCCCOCCCOP(=O)(O)C(=O)OCC. The molecule has 7 heteroatoms. The van der Waals surface area contributed by atoms with Crippen LogP contribution in [0.4, 0.5) is 4.79 Å². The van der Waals surface area contributed by atoms with Crippen molar-refractivity contribution in [2.75, 3.05) is 26.4 Å². The fourth-order valence-electron chi connectivity index (χ4n) is 3.46. The van der Waals surface area contributed by atoms with Crippen LogP contribution in [-0.2, 0) is 18.6 Å². The normalized spacial score (nSPS) is 13.3. The largest absolute Gasteiger partial charge is 0.457 e. The number of rotatable bonds is 24. The van der Waals surface area contributed by atoms with Crippen LogP contribution in [0.5, 0.6) is 0 Å². The molecule has 0 spiro atoms. The van der Waals surface area contributed by atoms with Crippen molar-refractivity contribution in [3.05, 3.63) is 0 Å². The van der Waals surface area contributed by atoms with Crippen LogP contribution in [0.15, 0.2) is 0 Å². The highest BCUT2D eigenvalue weighted by atomic mass is 31.2. The standard InChI is InChI=1S/C24H49O6P/c1-3-5-6-7-8-9-10-11-12-13-14-15-16-17-18-19-21-28-22-20-23-30-31(26,27)24(25)29-4-2/h3-23H2,1-2H3,(H,26,27). The van der Waals surface area contributed by atoms with Crippen LogP contribution < -0.4 is 0 Å². The van der Waals surface area contributed by atoms with E-state index in [9.17, 15) is 14.3 Å². The van der Waals surface area contributed by atoms with Gasteiger partial charge in [-0.15, -0.1) is 0 Å². The number of carbonyl (C=O) groups excluding carboxylic acids is 1. The fourth-order valence-corrected chi connectivity index (χ4v) is 4.24. The highest BCUT2D eigenvalue weighted by Gasteiger charge is 2.32. The molecule has 0 rings (SSSR count). The Balaban J connectivity index is 3.20. The van der Waals surface area contributed by atoms with Gasteiger partial charge in [0.25, 0.3) is 0 Å². The van der Waals surface area contributed by atoms with Gasteiger partial charge in [0, 0.05) is 13.2 Å². The molecule has 6 nitrogen and oxygen atoms in total. The number of carbonyl (C=O) groups is 1. The maximum Gasteiger partial charge on any atom is 0.435 e. The quantitative estimate of drug-likeness (QED) is 0.115. The summed E-state index contributed by atoms with van der Waals surface area (Å²) in [5, 5.41) is 0. The Morgan fingerprint density at radius 3 is 1.52 bits per heavy atom. The molecule has 0 radical (unpaired) electrons. The summed E-state index contributed by atoms with van der Waals surface area (Å²) in [5.41, 5.74) is -1.19. The summed E-state index contributed by atoms with van der Waals surface area (Å²) in [7, 11) is -4.31. The first-order valence-corrected chi connectivity index (χ1v) is 14.3. The third-order valence-electron chi connectivity index (χ3n) is 5.34. The summed E-state index contributed by atoms with van der Waals surface area (Å²) < 4.78 is 26.3. The summed E-state index contributed by atoms with van der Waals surface area (Å²) >= 11 is 0. The van der Waals surface area contributed by atoms with Gasteiger partial charge in [-0.05, 0) is 19.8 Å². The van der Waals surface area contributed by atoms with E-state index >= 15 is 0 Å². The average molecular weight is 465 g/mol. The van der Waals surface area contributed by atoms with Crippen LogP contribution >= 0.6 is 7.60 Å². The smallest absolute Gasteiger partial charge is 0.435 e. The van der Waals surface area contributed by atoms with Crippen LogP contribution in [0.3, 0.4) is 0 Å². The number of unbranched alkanes of at least 4 members (excludes halogenated alkanes) is 15. The van der Waals surface area contributed by atoms with E-state index in [1.807, 2.05) is 0 Å². The summed E-state index contributed by atoms with van der Waals surface area (Å²) in [4.78, 5) is 20.6. The van der Waals surface area contributed by atoms with Crippen LogP contribution in [-0.4, -0.2) is 37.0 Å². The third-order valence-corrected chi connectivity index (χ3v) is 6.46. The Bertz CT molecular complexity index is 444. The van der Waals surface area contributed by atoms with E-state index in [0.717, 1.165) is 6.42 Å². The minimum absolute atomic E-state index is 0.00551. The first kappa shape index (κ1) is 30.6. The van der Waals surface area contributed by atoms with E-state index in [-0.39, 0.29) is 13.2 Å². The van der Waals surface area contributed by atoms with Crippen molar-refractivity contribution in [1.29, 1.82) is 0 Å². The van der Waals surface area contributed by atoms with Crippen molar-refractivity contribution in [3.8, 4) is 0 Å². The number of hydrogen-bond acceptors (Lipinski definition) is 5. The molecule has 0 saturated heterocycles. The van der Waals surface area contributed by atoms with Crippen molar-refractivity contribution in [1.82, 2.24) is 0 Å². The lowest BCUT2D eigenvalue weighted by Crippen LogP contribution is -2.07. The molecule has 0 aliphatic heterocycles. The van der Waals surface area contributed by atoms with Gasteiger partial charge in [-0.25, -0.2) is 9.36 Å².